The molecule has 0 spiro atoms. The maximum atomic E-state index is 5.78. The van der Waals surface area contributed by atoms with E-state index >= 15 is 0 Å². The second-order valence-electron chi connectivity index (χ2n) is 6.01. The molecule has 1 aromatic rings. The Morgan fingerprint density at radius 3 is 2.95 bits per heavy atom. The van der Waals surface area contributed by atoms with Crippen molar-refractivity contribution in [2.24, 2.45) is 0 Å². The van der Waals surface area contributed by atoms with Crippen molar-refractivity contribution in [3.63, 3.8) is 0 Å². The zero-order chi connectivity index (χ0) is 15.3. The molecule has 1 aliphatic heterocycles. The summed E-state index contributed by atoms with van der Waals surface area (Å²) in [5.41, 5.74) is 0.955. The van der Waals surface area contributed by atoms with E-state index in [1.54, 1.807) is 18.4 Å². The Labute approximate surface area is 131 Å². The molecule has 1 saturated heterocycles. The number of hydrogen-bond donors (Lipinski definition) is 1. The van der Waals surface area contributed by atoms with Crippen LogP contribution in [0.15, 0.2) is 0 Å². The highest BCUT2D eigenvalue weighted by Crippen LogP contribution is 2.30. The third-order valence-corrected chi connectivity index (χ3v) is 4.61. The van der Waals surface area contributed by atoms with Crippen molar-refractivity contribution in [2.45, 2.75) is 45.9 Å². The Morgan fingerprint density at radius 2 is 2.29 bits per heavy atom. The van der Waals surface area contributed by atoms with E-state index in [0.29, 0.717) is 6.61 Å². The number of rotatable bonds is 7. The summed E-state index contributed by atoms with van der Waals surface area (Å²) in [4.78, 5) is 8.40. The zero-order valence-corrected chi connectivity index (χ0v) is 14.4. The summed E-state index contributed by atoms with van der Waals surface area (Å²) < 4.78 is 11.1. The van der Waals surface area contributed by atoms with Gasteiger partial charge in [0, 0.05) is 31.6 Å². The highest BCUT2D eigenvalue weighted by atomic mass is 32.1. The fourth-order valence-corrected chi connectivity index (χ4v) is 3.51. The van der Waals surface area contributed by atoms with Crippen LogP contribution in [0.25, 0.3) is 0 Å². The van der Waals surface area contributed by atoms with Gasteiger partial charge in [-0.2, -0.15) is 0 Å². The number of methoxy groups -OCH3 is 1. The van der Waals surface area contributed by atoms with Crippen molar-refractivity contribution in [2.75, 3.05) is 38.3 Å². The van der Waals surface area contributed by atoms with Crippen molar-refractivity contribution in [1.29, 1.82) is 0 Å². The molecule has 0 amide bonds. The lowest BCUT2D eigenvalue weighted by Crippen LogP contribution is -2.48. The minimum absolute atomic E-state index is 0.105. The number of morpholine rings is 1. The number of thiazole rings is 1. The molecular weight excluding hydrogens is 286 g/mol. The second-order valence-corrected chi connectivity index (χ2v) is 7.07. The fourth-order valence-electron chi connectivity index (χ4n) is 2.45. The molecule has 5 nitrogen and oxygen atoms in total. The third-order valence-electron chi connectivity index (χ3n) is 3.46. The van der Waals surface area contributed by atoms with Gasteiger partial charge in [-0.05, 0) is 26.8 Å². The zero-order valence-electron chi connectivity index (χ0n) is 13.6. The molecule has 1 fully saturated rings. The van der Waals surface area contributed by atoms with Gasteiger partial charge >= 0.3 is 0 Å². The SMILES string of the molecule is CCCNCc1sc(N2CCOC(C)(C)C2)nc1COC. The summed E-state index contributed by atoms with van der Waals surface area (Å²) in [6.07, 6.45) is 1.14. The number of anilines is 1. The number of nitrogens with one attached hydrogen (secondary N) is 1. The summed E-state index contributed by atoms with van der Waals surface area (Å²) in [6.45, 7) is 11.5. The number of hydrogen-bond acceptors (Lipinski definition) is 6. The molecule has 120 valence electrons. The van der Waals surface area contributed by atoms with Crippen molar-refractivity contribution in [3.8, 4) is 0 Å². The van der Waals surface area contributed by atoms with Crippen LogP contribution in [-0.4, -0.2) is 43.9 Å². The van der Waals surface area contributed by atoms with E-state index < -0.39 is 0 Å². The normalized spacial score (nSPS) is 18.2. The molecule has 0 saturated carbocycles. The van der Waals surface area contributed by atoms with Crippen LogP contribution < -0.4 is 10.2 Å². The molecule has 2 rings (SSSR count). The summed E-state index contributed by atoms with van der Waals surface area (Å²) in [7, 11) is 1.72. The maximum absolute atomic E-state index is 5.78. The fraction of sp³-hybridized carbons (Fsp3) is 0.800. The predicted octanol–water partition coefficient (Wildman–Crippen LogP) is 2.40. The first kappa shape index (κ1) is 16.7. The minimum atomic E-state index is -0.105. The van der Waals surface area contributed by atoms with E-state index in [1.807, 2.05) is 0 Å². The van der Waals surface area contributed by atoms with Gasteiger partial charge in [0.05, 0.1) is 24.5 Å². The van der Waals surface area contributed by atoms with Crippen molar-refractivity contribution in [1.82, 2.24) is 10.3 Å². The summed E-state index contributed by atoms with van der Waals surface area (Å²) in [5.74, 6) is 0. The smallest absolute Gasteiger partial charge is 0.186 e. The molecule has 0 unspecified atom stereocenters. The van der Waals surface area contributed by atoms with E-state index in [9.17, 15) is 0 Å². The lowest BCUT2D eigenvalue weighted by molar-refractivity contribution is -0.0277. The minimum Gasteiger partial charge on any atom is -0.378 e. The Kier molecular flexibility index (Phi) is 5.98. The topological polar surface area (TPSA) is 46.6 Å². The van der Waals surface area contributed by atoms with Crippen molar-refractivity contribution < 1.29 is 9.47 Å². The van der Waals surface area contributed by atoms with Gasteiger partial charge in [-0.1, -0.05) is 6.92 Å². The number of aromatic nitrogens is 1. The van der Waals surface area contributed by atoms with E-state index in [-0.39, 0.29) is 5.60 Å². The summed E-state index contributed by atoms with van der Waals surface area (Å²) >= 11 is 1.77. The Hall–Kier alpha value is -0.690. The molecule has 0 atom stereocenters. The van der Waals surface area contributed by atoms with Gasteiger partial charge in [0.1, 0.15) is 0 Å². The van der Waals surface area contributed by atoms with Gasteiger partial charge in [-0.3, -0.25) is 0 Å². The molecule has 0 bridgehead atoms. The second kappa shape index (κ2) is 7.54. The van der Waals surface area contributed by atoms with Gasteiger partial charge in [-0.15, -0.1) is 11.3 Å². The lowest BCUT2D eigenvalue weighted by Gasteiger charge is -2.38. The molecule has 0 radical (unpaired) electrons. The first-order valence-corrected chi connectivity index (χ1v) is 8.44. The van der Waals surface area contributed by atoms with Crippen LogP contribution in [0.3, 0.4) is 0 Å². The maximum Gasteiger partial charge on any atom is 0.186 e. The Bertz CT molecular complexity index is 448. The predicted molar refractivity (Wildman–Crippen MR) is 87.1 cm³/mol. The molecule has 21 heavy (non-hydrogen) atoms. The van der Waals surface area contributed by atoms with E-state index in [2.05, 4.69) is 31.0 Å². The monoisotopic (exact) mass is 313 g/mol. The molecule has 0 aromatic carbocycles. The van der Waals surface area contributed by atoms with Gasteiger partial charge in [0.15, 0.2) is 5.13 Å². The average molecular weight is 313 g/mol. The molecule has 1 aromatic heterocycles. The average Bonchev–Trinajstić information content (AvgIpc) is 2.82. The van der Waals surface area contributed by atoms with Gasteiger partial charge in [0.2, 0.25) is 0 Å². The number of nitrogens with zero attached hydrogens (tertiary/aromatic N) is 2. The highest BCUT2D eigenvalue weighted by molar-refractivity contribution is 7.15. The molecule has 1 N–H and O–H groups in total. The summed E-state index contributed by atoms with van der Waals surface area (Å²) in [5, 5.41) is 4.54. The van der Waals surface area contributed by atoms with Crippen LogP contribution in [0, 0.1) is 0 Å². The largest absolute Gasteiger partial charge is 0.378 e. The van der Waals surface area contributed by atoms with Gasteiger partial charge < -0.3 is 19.7 Å². The van der Waals surface area contributed by atoms with Crippen LogP contribution in [0.5, 0.6) is 0 Å². The van der Waals surface area contributed by atoms with E-state index in [0.717, 1.165) is 50.0 Å². The highest BCUT2D eigenvalue weighted by Gasteiger charge is 2.29. The third kappa shape index (κ3) is 4.64. The molecule has 0 aliphatic carbocycles. The van der Waals surface area contributed by atoms with E-state index in [4.69, 9.17) is 14.5 Å². The quantitative estimate of drug-likeness (QED) is 0.783. The first-order chi connectivity index (χ1) is 10.1. The molecule has 6 heteroatoms. The van der Waals surface area contributed by atoms with Crippen LogP contribution >= 0.6 is 11.3 Å². The Morgan fingerprint density at radius 1 is 1.48 bits per heavy atom. The van der Waals surface area contributed by atoms with Crippen LogP contribution in [0.4, 0.5) is 5.13 Å². The van der Waals surface area contributed by atoms with Crippen molar-refractivity contribution >= 4 is 16.5 Å². The first-order valence-electron chi connectivity index (χ1n) is 7.63. The molecule has 1 aliphatic rings. The van der Waals surface area contributed by atoms with E-state index in [1.165, 1.54) is 4.88 Å². The molecular formula is C15H27N3O2S. The number of ether oxygens (including phenoxy) is 2. The van der Waals surface area contributed by atoms with Crippen LogP contribution in [0.2, 0.25) is 0 Å². The van der Waals surface area contributed by atoms with Crippen LogP contribution in [0.1, 0.15) is 37.8 Å². The molecule has 2 heterocycles. The van der Waals surface area contributed by atoms with Crippen molar-refractivity contribution in [3.05, 3.63) is 10.6 Å². The summed E-state index contributed by atoms with van der Waals surface area (Å²) in [6, 6.07) is 0. The van der Waals surface area contributed by atoms with Gasteiger partial charge in [-0.25, -0.2) is 4.98 Å². The van der Waals surface area contributed by atoms with Crippen LogP contribution in [-0.2, 0) is 22.6 Å². The lowest BCUT2D eigenvalue weighted by atomic mass is 10.1. The Balaban J connectivity index is 2.10. The van der Waals surface area contributed by atoms with Gasteiger partial charge in [0.25, 0.3) is 0 Å². The standard InChI is InChI=1S/C15H27N3O2S/c1-5-6-16-9-13-12(10-19-4)17-14(21-13)18-7-8-20-15(2,3)11-18/h16H,5-11H2,1-4H3.